The molecule has 0 aromatic carbocycles. The molecular formula is C60H113NO8. The zero-order valence-corrected chi connectivity index (χ0v) is 45.1. The number of carbonyl (C=O) groups excluding carboxylic acids is 1. The lowest BCUT2D eigenvalue weighted by Gasteiger charge is -2.40. The van der Waals surface area contributed by atoms with Gasteiger partial charge in [0.25, 0.3) is 0 Å². The van der Waals surface area contributed by atoms with E-state index < -0.39 is 49.5 Å². The molecule has 7 unspecified atom stereocenters. The number of hydrogen-bond donors (Lipinski definition) is 6. The summed E-state index contributed by atoms with van der Waals surface area (Å²) in [6.45, 7) is 3.72. The molecule has 1 saturated heterocycles. The Kier molecular flexibility index (Phi) is 47.4. The summed E-state index contributed by atoms with van der Waals surface area (Å²) in [7, 11) is 0. The number of carbonyl (C=O) groups is 1. The number of aliphatic hydroxyl groups is 5. The number of allylic oxidation sites excluding steroid dienone is 6. The van der Waals surface area contributed by atoms with Crippen molar-refractivity contribution in [2.75, 3.05) is 13.2 Å². The average molecular weight is 977 g/mol. The van der Waals surface area contributed by atoms with Crippen LogP contribution in [0.3, 0.4) is 0 Å². The molecule has 1 amide bonds. The van der Waals surface area contributed by atoms with Crippen molar-refractivity contribution in [3.05, 3.63) is 36.5 Å². The minimum Gasteiger partial charge on any atom is -0.394 e. The molecular weight excluding hydrogens is 863 g/mol. The van der Waals surface area contributed by atoms with E-state index in [4.69, 9.17) is 9.47 Å². The Bertz CT molecular complexity index is 1180. The summed E-state index contributed by atoms with van der Waals surface area (Å²) in [6, 6.07) is -0.735. The number of amides is 1. The van der Waals surface area contributed by atoms with Gasteiger partial charge in [0.1, 0.15) is 24.4 Å². The second kappa shape index (κ2) is 50.0. The van der Waals surface area contributed by atoms with Crippen LogP contribution in [0.1, 0.15) is 284 Å². The van der Waals surface area contributed by atoms with Crippen LogP contribution in [0.4, 0.5) is 0 Å². The van der Waals surface area contributed by atoms with E-state index in [-0.39, 0.29) is 12.5 Å². The van der Waals surface area contributed by atoms with E-state index in [1.54, 1.807) is 0 Å². The predicted octanol–water partition coefficient (Wildman–Crippen LogP) is 14.7. The fraction of sp³-hybridized carbons (Fsp3) is 0.883. The quantitative estimate of drug-likeness (QED) is 0.0261. The Morgan fingerprint density at radius 1 is 0.507 bits per heavy atom. The highest BCUT2D eigenvalue weighted by Crippen LogP contribution is 2.23. The molecule has 0 radical (unpaired) electrons. The monoisotopic (exact) mass is 976 g/mol. The van der Waals surface area contributed by atoms with Crippen molar-refractivity contribution in [1.29, 1.82) is 0 Å². The summed E-state index contributed by atoms with van der Waals surface area (Å²) >= 11 is 0. The molecule has 0 bridgehead atoms. The first kappa shape index (κ1) is 65.4. The van der Waals surface area contributed by atoms with Gasteiger partial charge < -0.3 is 40.3 Å². The number of hydrogen-bond acceptors (Lipinski definition) is 8. The Morgan fingerprint density at radius 3 is 1.32 bits per heavy atom. The van der Waals surface area contributed by atoms with E-state index in [9.17, 15) is 30.3 Å². The van der Waals surface area contributed by atoms with E-state index in [1.165, 1.54) is 193 Å². The van der Waals surface area contributed by atoms with E-state index in [0.717, 1.165) is 64.2 Å². The van der Waals surface area contributed by atoms with Crippen molar-refractivity contribution in [2.45, 2.75) is 326 Å². The van der Waals surface area contributed by atoms with Crippen molar-refractivity contribution in [1.82, 2.24) is 5.32 Å². The first-order valence-corrected chi connectivity index (χ1v) is 29.7. The number of unbranched alkanes of at least 4 members (excludes halogenated alkanes) is 35. The Labute approximate surface area is 425 Å². The van der Waals surface area contributed by atoms with Crippen molar-refractivity contribution >= 4 is 5.91 Å². The highest BCUT2D eigenvalue weighted by molar-refractivity contribution is 5.76. The first-order valence-electron chi connectivity index (χ1n) is 29.7. The topological polar surface area (TPSA) is 149 Å². The third kappa shape index (κ3) is 39.6. The average Bonchev–Trinajstić information content (AvgIpc) is 3.35. The standard InChI is InChI=1S/C60H113NO8/c1-3-5-7-9-11-13-15-17-18-19-20-21-22-23-24-25-26-27-28-29-30-31-32-33-34-35-36-38-39-41-43-45-47-49-54(63)53(52-68-60-59(67)58(66)57(65)55(51-62)69-60)61-56(64)50-48-46-44-42-40-37-16-14-12-10-8-6-4-2/h6,8,12,14,37,40,53-55,57-60,62-63,65-67H,3-5,7,9-11,13,15-36,38-39,41-52H2,1-2H3,(H,61,64)/b8-6-,14-12-,40-37-. The van der Waals surface area contributed by atoms with E-state index in [2.05, 4.69) is 55.6 Å². The second-order valence-corrected chi connectivity index (χ2v) is 20.8. The molecule has 1 rings (SSSR count). The minimum absolute atomic E-state index is 0.149. The van der Waals surface area contributed by atoms with Gasteiger partial charge in [-0.15, -0.1) is 0 Å². The summed E-state index contributed by atoms with van der Waals surface area (Å²) in [4.78, 5) is 13.0. The number of ether oxygens (including phenoxy) is 2. The lowest BCUT2D eigenvalue weighted by atomic mass is 9.99. The van der Waals surface area contributed by atoms with Gasteiger partial charge in [-0.2, -0.15) is 0 Å². The van der Waals surface area contributed by atoms with Crippen LogP contribution in [0.25, 0.3) is 0 Å². The smallest absolute Gasteiger partial charge is 0.220 e. The highest BCUT2D eigenvalue weighted by atomic mass is 16.7. The molecule has 0 aliphatic carbocycles. The van der Waals surface area contributed by atoms with Crippen LogP contribution in [-0.4, -0.2) is 87.5 Å². The van der Waals surface area contributed by atoms with Gasteiger partial charge in [-0.05, 0) is 44.9 Å². The van der Waals surface area contributed by atoms with E-state index in [0.29, 0.717) is 12.8 Å². The summed E-state index contributed by atoms with van der Waals surface area (Å²) in [5, 5.41) is 54.6. The van der Waals surface area contributed by atoms with Gasteiger partial charge in [0.05, 0.1) is 25.4 Å². The molecule has 9 nitrogen and oxygen atoms in total. The molecule has 1 aliphatic heterocycles. The van der Waals surface area contributed by atoms with E-state index >= 15 is 0 Å². The van der Waals surface area contributed by atoms with Crippen molar-refractivity contribution in [3.63, 3.8) is 0 Å². The predicted molar refractivity (Wildman–Crippen MR) is 290 cm³/mol. The zero-order chi connectivity index (χ0) is 50.1. The maximum absolute atomic E-state index is 13.0. The Morgan fingerprint density at radius 2 is 0.899 bits per heavy atom. The number of rotatable bonds is 51. The molecule has 0 spiro atoms. The largest absolute Gasteiger partial charge is 0.394 e. The fourth-order valence-electron chi connectivity index (χ4n) is 9.59. The zero-order valence-electron chi connectivity index (χ0n) is 45.1. The number of nitrogens with one attached hydrogen (secondary N) is 1. The van der Waals surface area contributed by atoms with Crippen LogP contribution in [0, 0.1) is 0 Å². The Hall–Kier alpha value is -1.59. The van der Waals surface area contributed by atoms with Gasteiger partial charge in [0.15, 0.2) is 6.29 Å². The van der Waals surface area contributed by atoms with Gasteiger partial charge in [0, 0.05) is 6.42 Å². The second-order valence-electron chi connectivity index (χ2n) is 20.8. The van der Waals surface area contributed by atoms with E-state index in [1.807, 2.05) is 0 Å². The summed E-state index contributed by atoms with van der Waals surface area (Å²) in [5.41, 5.74) is 0. The molecule has 0 aromatic rings. The minimum atomic E-state index is -1.56. The van der Waals surface area contributed by atoms with Gasteiger partial charge in [-0.3, -0.25) is 4.79 Å². The first-order chi connectivity index (χ1) is 33.8. The molecule has 0 saturated carbocycles. The van der Waals surface area contributed by atoms with Gasteiger partial charge in [0.2, 0.25) is 5.91 Å². The van der Waals surface area contributed by atoms with Crippen LogP contribution in [0.5, 0.6) is 0 Å². The van der Waals surface area contributed by atoms with Gasteiger partial charge >= 0.3 is 0 Å². The van der Waals surface area contributed by atoms with Gasteiger partial charge in [-0.25, -0.2) is 0 Å². The van der Waals surface area contributed by atoms with Crippen LogP contribution in [0.2, 0.25) is 0 Å². The fourth-order valence-corrected chi connectivity index (χ4v) is 9.59. The molecule has 406 valence electrons. The normalized spacial score (nSPS) is 19.7. The lowest BCUT2D eigenvalue weighted by Crippen LogP contribution is -2.60. The van der Waals surface area contributed by atoms with Crippen LogP contribution in [-0.2, 0) is 14.3 Å². The molecule has 9 heteroatoms. The molecule has 7 atom stereocenters. The molecule has 1 aliphatic rings. The summed E-state index contributed by atoms with van der Waals surface area (Å²) in [5.74, 6) is -0.171. The lowest BCUT2D eigenvalue weighted by molar-refractivity contribution is -0.302. The molecule has 69 heavy (non-hydrogen) atoms. The SMILES string of the molecule is CC/C=C\C/C=C\C/C=C\CCCCCC(=O)NC(COC1OC(CO)C(O)C(O)C1O)C(O)CCCCCCCCCCCCCCCCCCCCCCCCCCCCCCCCCCC. The van der Waals surface area contributed by atoms with Gasteiger partial charge in [-0.1, -0.05) is 269 Å². The molecule has 1 heterocycles. The third-order valence-electron chi connectivity index (χ3n) is 14.3. The maximum atomic E-state index is 13.0. The van der Waals surface area contributed by atoms with Crippen molar-refractivity contribution in [2.24, 2.45) is 0 Å². The molecule has 0 aromatic heterocycles. The molecule has 1 fully saturated rings. The van der Waals surface area contributed by atoms with Crippen LogP contribution in [0.15, 0.2) is 36.5 Å². The van der Waals surface area contributed by atoms with Crippen LogP contribution < -0.4 is 5.32 Å². The van der Waals surface area contributed by atoms with Crippen molar-refractivity contribution < 1.29 is 39.8 Å². The third-order valence-corrected chi connectivity index (χ3v) is 14.3. The Balaban J connectivity index is 2.10. The summed E-state index contributed by atoms with van der Waals surface area (Å²) in [6.07, 6.45) is 57.8. The maximum Gasteiger partial charge on any atom is 0.220 e. The summed E-state index contributed by atoms with van der Waals surface area (Å²) < 4.78 is 11.3. The van der Waals surface area contributed by atoms with Crippen molar-refractivity contribution in [3.8, 4) is 0 Å². The highest BCUT2D eigenvalue weighted by Gasteiger charge is 2.44. The molecule has 6 N–H and O–H groups in total. The number of aliphatic hydroxyl groups excluding tert-OH is 5. The van der Waals surface area contributed by atoms with Crippen LogP contribution >= 0.6 is 0 Å².